The van der Waals surface area contributed by atoms with Gasteiger partial charge < -0.3 is 23.7 Å². The van der Waals surface area contributed by atoms with E-state index in [9.17, 15) is 14.3 Å². The number of benzene rings is 2. The number of hydrogen-bond donors (Lipinski definition) is 1. The number of nitriles is 1. The van der Waals surface area contributed by atoms with E-state index in [4.69, 9.17) is 19.7 Å². The smallest absolute Gasteiger partial charge is 0.335 e. The fraction of sp³-hybridized carbons (Fsp3) is 0.200. The van der Waals surface area contributed by atoms with Crippen LogP contribution in [0.4, 0.5) is 4.39 Å². The highest BCUT2D eigenvalue weighted by Gasteiger charge is 2.22. The number of halogens is 1. The van der Waals surface area contributed by atoms with E-state index < -0.39 is 11.8 Å². The maximum atomic E-state index is 14.2. The van der Waals surface area contributed by atoms with Crippen molar-refractivity contribution in [2.75, 3.05) is 6.61 Å². The van der Waals surface area contributed by atoms with Gasteiger partial charge in [0, 0.05) is 36.2 Å². The molecule has 1 aliphatic heterocycles. The Bertz CT molecular complexity index is 1770. The number of aromatic nitrogens is 4. The largest absolute Gasteiger partial charge is 0.478 e. The van der Waals surface area contributed by atoms with E-state index in [0.29, 0.717) is 30.2 Å². The van der Waals surface area contributed by atoms with Gasteiger partial charge in [-0.2, -0.15) is 5.26 Å². The van der Waals surface area contributed by atoms with Gasteiger partial charge >= 0.3 is 5.97 Å². The van der Waals surface area contributed by atoms with Crippen LogP contribution in [0.1, 0.15) is 33.7 Å². The molecule has 40 heavy (non-hydrogen) atoms. The summed E-state index contributed by atoms with van der Waals surface area (Å²) in [6, 6.07) is 18.5. The van der Waals surface area contributed by atoms with Crippen LogP contribution in [0.3, 0.4) is 0 Å². The first kappa shape index (κ1) is 25.3. The lowest BCUT2D eigenvalue weighted by molar-refractivity contribution is -0.0590. The minimum atomic E-state index is -0.980. The third-order valence-corrected chi connectivity index (χ3v) is 6.91. The second-order valence-electron chi connectivity index (χ2n) is 9.57. The normalized spacial score (nSPS) is 14.6. The predicted octanol–water partition coefficient (Wildman–Crippen LogP) is 5.02. The van der Waals surface area contributed by atoms with Crippen molar-refractivity contribution >= 4 is 17.0 Å². The summed E-state index contributed by atoms with van der Waals surface area (Å²) < 4.78 is 29.6. The topological polar surface area (TPSA) is 115 Å². The Kier molecular flexibility index (Phi) is 6.72. The molecule has 0 amide bonds. The second-order valence-corrected chi connectivity index (χ2v) is 9.57. The molecule has 9 nitrogen and oxygen atoms in total. The molecule has 1 aliphatic rings. The van der Waals surface area contributed by atoms with Crippen LogP contribution in [0.5, 0.6) is 5.88 Å². The number of carbonyl (C=O) groups is 1. The number of nitrogens with zero attached hydrogens (tertiary/aromatic N) is 5. The summed E-state index contributed by atoms with van der Waals surface area (Å²) in [5.41, 5.74) is 3.87. The van der Waals surface area contributed by atoms with Crippen LogP contribution in [0.25, 0.3) is 22.3 Å². The highest BCUT2D eigenvalue weighted by molar-refractivity contribution is 5.92. The summed E-state index contributed by atoms with van der Waals surface area (Å²) in [5, 5.41) is 18.4. The highest BCUT2D eigenvalue weighted by Crippen LogP contribution is 2.25. The molecule has 10 heteroatoms. The van der Waals surface area contributed by atoms with Gasteiger partial charge in [-0.15, -0.1) is 0 Å². The van der Waals surface area contributed by atoms with Crippen LogP contribution in [0.2, 0.25) is 0 Å². The monoisotopic (exact) mass is 537 g/mol. The van der Waals surface area contributed by atoms with Crippen LogP contribution in [0.15, 0.2) is 73.1 Å². The minimum absolute atomic E-state index is 0.0144. The number of pyridine rings is 1. The van der Waals surface area contributed by atoms with Crippen LogP contribution in [-0.2, 0) is 24.4 Å². The van der Waals surface area contributed by atoms with Crippen molar-refractivity contribution in [1.82, 2.24) is 19.1 Å². The Balaban J connectivity index is 1.21. The van der Waals surface area contributed by atoms with Crippen molar-refractivity contribution in [1.29, 1.82) is 5.26 Å². The SMILES string of the molecule is N#Cc1ccc(COc2cccc(-c3ccn(Cc4nc5ccc(C(=O)O)cc5n4C[C@@H]4CCO4)c3)n2)c(F)c1. The number of imidazole rings is 1. The van der Waals surface area contributed by atoms with E-state index in [1.165, 1.54) is 12.1 Å². The fourth-order valence-corrected chi connectivity index (χ4v) is 4.66. The van der Waals surface area contributed by atoms with E-state index in [2.05, 4.69) is 4.98 Å². The molecule has 200 valence electrons. The molecular formula is C30H24FN5O4. The van der Waals surface area contributed by atoms with Gasteiger partial charge in [-0.3, -0.25) is 0 Å². The van der Waals surface area contributed by atoms with Crippen molar-refractivity contribution in [2.24, 2.45) is 0 Å². The minimum Gasteiger partial charge on any atom is -0.478 e. The Hall–Kier alpha value is -5.01. The molecule has 0 spiro atoms. The molecule has 3 aromatic heterocycles. The van der Waals surface area contributed by atoms with Gasteiger partial charge in [0.2, 0.25) is 5.88 Å². The Morgan fingerprint density at radius 3 is 2.80 bits per heavy atom. The summed E-state index contributed by atoms with van der Waals surface area (Å²) >= 11 is 0. The summed E-state index contributed by atoms with van der Waals surface area (Å²) in [6.45, 7) is 1.79. The van der Waals surface area contributed by atoms with E-state index in [1.807, 2.05) is 45.8 Å². The molecule has 5 aromatic rings. The average molecular weight is 538 g/mol. The van der Waals surface area contributed by atoms with Crippen molar-refractivity contribution < 1.29 is 23.8 Å². The van der Waals surface area contributed by atoms with Crippen molar-refractivity contribution in [3.8, 4) is 23.2 Å². The fourth-order valence-electron chi connectivity index (χ4n) is 4.66. The Morgan fingerprint density at radius 1 is 1.18 bits per heavy atom. The molecule has 0 unspecified atom stereocenters. The van der Waals surface area contributed by atoms with Gasteiger partial charge in [-0.05, 0) is 48.9 Å². The lowest BCUT2D eigenvalue weighted by atomic mass is 10.1. The van der Waals surface area contributed by atoms with Gasteiger partial charge in [0.05, 0.1) is 53.1 Å². The second kappa shape index (κ2) is 10.6. The first-order valence-electron chi connectivity index (χ1n) is 12.8. The molecule has 6 rings (SSSR count). The van der Waals surface area contributed by atoms with Crippen molar-refractivity contribution in [3.63, 3.8) is 0 Å². The summed E-state index contributed by atoms with van der Waals surface area (Å²) in [4.78, 5) is 20.9. The number of carboxylic acids is 1. The molecule has 2 aromatic carbocycles. The molecule has 1 atom stereocenters. The third kappa shape index (κ3) is 5.15. The molecule has 1 fully saturated rings. The van der Waals surface area contributed by atoms with Crippen LogP contribution < -0.4 is 4.74 Å². The van der Waals surface area contributed by atoms with Gasteiger partial charge in [0.15, 0.2) is 0 Å². The third-order valence-electron chi connectivity index (χ3n) is 6.91. The van der Waals surface area contributed by atoms with E-state index in [-0.39, 0.29) is 23.8 Å². The van der Waals surface area contributed by atoms with Crippen LogP contribution in [0, 0.1) is 17.1 Å². The maximum Gasteiger partial charge on any atom is 0.335 e. The zero-order valence-electron chi connectivity index (χ0n) is 21.3. The Labute approximate surface area is 228 Å². The summed E-state index contributed by atoms with van der Waals surface area (Å²) in [7, 11) is 0. The average Bonchev–Trinajstić information content (AvgIpc) is 3.54. The lowest BCUT2D eigenvalue weighted by Crippen LogP contribution is -2.32. The number of carboxylic acid groups (broad SMARTS) is 1. The first-order valence-corrected chi connectivity index (χ1v) is 12.8. The Morgan fingerprint density at radius 2 is 2.05 bits per heavy atom. The predicted molar refractivity (Wildman–Crippen MR) is 143 cm³/mol. The quantitative estimate of drug-likeness (QED) is 0.281. The summed E-state index contributed by atoms with van der Waals surface area (Å²) in [5.74, 6) is -0.330. The van der Waals surface area contributed by atoms with Gasteiger partial charge in [0.1, 0.15) is 18.2 Å². The van der Waals surface area contributed by atoms with E-state index in [0.717, 1.165) is 35.4 Å². The molecule has 0 radical (unpaired) electrons. The van der Waals surface area contributed by atoms with Gasteiger partial charge in [0.25, 0.3) is 0 Å². The lowest BCUT2D eigenvalue weighted by Gasteiger charge is -2.27. The molecule has 1 saturated heterocycles. The number of hydrogen-bond acceptors (Lipinski definition) is 6. The van der Waals surface area contributed by atoms with E-state index >= 15 is 0 Å². The van der Waals surface area contributed by atoms with Crippen LogP contribution >= 0.6 is 0 Å². The highest BCUT2D eigenvalue weighted by atomic mass is 19.1. The zero-order valence-corrected chi connectivity index (χ0v) is 21.3. The zero-order chi connectivity index (χ0) is 27.6. The van der Waals surface area contributed by atoms with Crippen molar-refractivity contribution in [2.45, 2.75) is 32.2 Å². The van der Waals surface area contributed by atoms with Gasteiger partial charge in [-0.1, -0.05) is 12.1 Å². The maximum absolute atomic E-state index is 14.2. The standard InChI is InChI=1S/C30H24FN5O4/c31-24-12-19(14-32)4-5-22(24)18-40-29-3-1-2-25(34-29)21-8-10-35(15-21)17-28-33-26-7-6-20(30(37)38)13-27(26)36(28)16-23-9-11-39-23/h1-8,10,12-13,15,23H,9,11,16-18H2,(H,37,38)/t23-/m0/s1. The molecule has 0 aliphatic carbocycles. The molecule has 0 bridgehead atoms. The number of ether oxygens (including phenoxy) is 2. The first-order chi connectivity index (χ1) is 19.5. The molecule has 0 saturated carbocycles. The van der Waals surface area contributed by atoms with Crippen molar-refractivity contribution in [3.05, 3.63) is 101 Å². The summed E-state index contributed by atoms with van der Waals surface area (Å²) in [6.07, 6.45) is 4.92. The number of fused-ring (bicyclic) bond motifs is 1. The molecule has 1 N–H and O–H groups in total. The number of rotatable bonds is 9. The number of aromatic carboxylic acids is 1. The molecular weight excluding hydrogens is 513 g/mol. The van der Waals surface area contributed by atoms with E-state index in [1.54, 1.807) is 30.3 Å². The van der Waals surface area contributed by atoms with Crippen LogP contribution in [-0.4, -0.2) is 42.9 Å². The molecule has 4 heterocycles. The van der Waals surface area contributed by atoms with Gasteiger partial charge in [-0.25, -0.2) is 19.2 Å².